The Bertz CT molecular complexity index is 581. The van der Waals surface area contributed by atoms with Crippen molar-refractivity contribution < 1.29 is 9.47 Å². The first-order valence-electron chi connectivity index (χ1n) is 7.29. The molecule has 0 aromatic heterocycles. The van der Waals surface area contributed by atoms with Crippen molar-refractivity contribution in [3.8, 4) is 11.5 Å². The number of para-hydroxylation sites is 1. The van der Waals surface area contributed by atoms with E-state index in [4.69, 9.17) is 9.47 Å². The fourth-order valence-electron chi connectivity index (χ4n) is 2.36. The Morgan fingerprint density at radius 1 is 1.05 bits per heavy atom. The third kappa shape index (κ3) is 4.23. The Kier molecular flexibility index (Phi) is 5.64. The van der Waals surface area contributed by atoms with Crippen LogP contribution in [0, 0.1) is 6.92 Å². The maximum Gasteiger partial charge on any atom is 0.165 e. The van der Waals surface area contributed by atoms with E-state index in [2.05, 4.69) is 42.6 Å². The van der Waals surface area contributed by atoms with Crippen LogP contribution < -0.4 is 14.8 Å². The van der Waals surface area contributed by atoms with Crippen molar-refractivity contribution in [1.29, 1.82) is 0 Å². The van der Waals surface area contributed by atoms with E-state index in [1.165, 1.54) is 11.1 Å². The zero-order valence-electron chi connectivity index (χ0n) is 13.0. The van der Waals surface area contributed by atoms with Gasteiger partial charge >= 0.3 is 0 Å². The SMILES string of the molecule is CCOc1cccc(CNCc2cccc(C)c2)c1OC. The van der Waals surface area contributed by atoms with E-state index >= 15 is 0 Å². The first kappa shape index (κ1) is 15.4. The van der Waals surface area contributed by atoms with E-state index in [1.807, 2.05) is 19.1 Å². The van der Waals surface area contributed by atoms with E-state index in [-0.39, 0.29) is 0 Å². The highest BCUT2D eigenvalue weighted by molar-refractivity contribution is 5.46. The maximum atomic E-state index is 5.60. The fourth-order valence-corrected chi connectivity index (χ4v) is 2.36. The number of benzene rings is 2. The molecule has 0 bridgehead atoms. The number of ether oxygens (including phenoxy) is 2. The van der Waals surface area contributed by atoms with Crippen LogP contribution in [0.15, 0.2) is 42.5 Å². The molecule has 2 aromatic carbocycles. The van der Waals surface area contributed by atoms with E-state index in [9.17, 15) is 0 Å². The molecular formula is C18H23NO2. The Balaban J connectivity index is 2.01. The van der Waals surface area contributed by atoms with E-state index < -0.39 is 0 Å². The summed E-state index contributed by atoms with van der Waals surface area (Å²) < 4.78 is 11.1. The van der Waals surface area contributed by atoms with Crippen LogP contribution >= 0.6 is 0 Å². The van der Waals surface area contributed by atoms with Gasteiger partial charge in [-0.05, 0) is 25.5 Å². The minimum atomic E-state index is 0.635. The number of aryl methyl sites for hydroxylation is 1. The number of nitrogens with one attached hydrogen (secondary N) is 1. The third-order valence-electron chi connectivity index (χ3n) is 3.29. The maximum absolute atomic E-state index is 5.60. The van der Waals surface area contributed by atoms with Crippen molar-refractivity contribution in [1.82, 2.24) is 5.32 Å². The monoisotopic (exact) mass is 285 g/mol. The van der Waals surface area contributed by atoms with Crippen molar-refractivity contribution in [3.05, 3.63) is 59.2 Å². The lowest BCUT2D eigenvalue weighted by molar-refractivity contribution is 0.308. The summed E-state index contributed by atoms with van der Waals surface area (Å²) in [7, 11) is 1.68. The summed E-state index contributed by atoms with van der Waals surface area (Å²) in [6.45, 7) is 6.30. The zero-order chi connectivity index (χ0) is 15.1. The largest absolute Gasteiger partial charge is 0.493 e. The molecule has 0 spiro atoms. The lowest BCUT2D eigenvalue weighted by atomic mass is 10.1. The normalized spacial score (nSPS) is 10.4. The van der Waals surface area contributed by atoms with Crippen LogP contribution in [0.4, 0.5) is 0 Å². The molecule has 3 heteroatoms. The van der Waals surface area contributed by atoms with Gasteiger partial charge in [-0.2, -0.15) is 0 Å². The molecule has 112 valence electrons. The predicted molar refractivity (Wildman–Crippen MR) is 85.9 cm³/mol. The number of methoxy groups -OCH3 is 1. The first-order chi connectivity index (χ1) is 10.2. The summed E-state index contributed by atoms with van der Waals surface area (Å²) in [5.74, 6) is 1.62. The molecule has 0 amide bonds. The van der Waals surface area contributed by atoms with Crippen molar-refractivity contribution in [2.45, 2.75) is 26.9 Å². The fraction of sp³-hybridized carbons (Fsp3) is 0.333. The van der Waals surface area contributed by atoms with Crippen LogP contribution in [0.3, 0.4) is 0 Å². The van der Waals surface area contributed by atoms with Crippen molar-refractivity contribution in [2.75, 3.05) is 13.7 Å². The second-order valence-electron chi connectivity index (χ2n) is 4.97. The summed E-state index contributed by atoms with van der Waals surface area (Å²) in [6.07, 6.45) is 0. The standard InChI is InChI=1S/C18H23NO2/c1-4-21-17-10-6-9-16(18(17)20-3)13-19-12-15-8-5-7-14(2)11-15/h5-11,19H,4,12-13H2,1-3H3. The summed E-state index contributed by atoms with van der Waals surface area (Å²) >= 11 is 0. The molecule has 0 fully saturated rings. The smallest absolute Gasteiger partial charge is 0.165 e. The van der Waals surface area contributed by atoms with E-state index in [1.54, 1.807) is 7.11 Å². The molecular weight excluding hydrogens is 262 g/mol. The molecule has 0 unspecified atom stereocenters. The van der Waals surface area contributed by atoms with Crippen LogP contribution in [-0.4, -0.2) is 13.7 Å². The van der Waals surface area contributed by atoms with Crippen LogP contribution in [-0.2, 0) is 13.1 Å². The summed E-state index contributed by atoms with van der Waals surface area (Å²) in [5.41, 5.74) is 3.68. The van der Waals surface area contributed by atoms with Crippen molar-refractivity contribution in [2.24, 2.45) is 0 Å². The molecule has 0 saturated carbocycles. The number of rotatable bonds is 7. The van der Waals surface area contributed by atoms with Gasteiger partial charge in [0.15, 0.2) is 11.5 Å². The highest BCUT2D eigenvalue weighted by atomic mass is 16.5. The molecule has 0 saturated heterocycles. The van der Waals surface area contributed by atoms with Gasteiger partial charge in [-0.15, -0.1) is 0 Å². The van der Waals surface area contributed by atoms with Gasteiger partial charge in [0, 0.05) is 18.7 Å². The molecule has 0 heterocycles. The molecule has 0 aliphatic rings. The molecule has 1 N–H and O–H groups in total. The van der Waals surface area contributed by atoms with Gasteiger partial charge in [0.25, 0.3) is 0 Å². The third-order valence-corrected chi connectivity index (χ3v) is 3.29. The highest BCUT2D eigenvalue weighted by Crippen LogP contribution is 2.30. The number of hydrogen-bond acceptors (Lipinski definition) is 3. The lowest BCUT2D eigenvalue weighted by Crippen LogP contribution is -2.13. The quantitative estimate of drug-likeness (QED) is 0.841. The van der Waals surface area contributed by atoms with E-state index in [0.29, 0.717) is 6.61 Å². The molecule has 0 radical (unpaired) electrons. The average Bonchev–Trinajstić information content (AvgIpc) is 2.48. The minimum Gasteiger partial charge on any atom is -0.493 e. The van der Waals surface area contributed by atoms with Crippen LogP contribution in [0.2, 0.25) is 0 Å². The Morgan fingerprint density at radius 3 is 2.57 bits per heavy atom. The summed E-state index contributed by atoms with van der Waals surface area (Å²) in [6, 6.07) is 14.5. The predicted octanol–water partition coefficient (Wildman–Crippen LogP) is 3.69. The highest BCUT2D eigenvalue weighted by Gasteiger charge is 2.09. The lowest BCUT2D eigenvalue weighted by Gasteiger charge is -2.14. The average molecular weight is 285 g/mol. The molecule has 0 aliphatic heterocycles. The van der Waals surface area contributed by atoms with Gasteiger partial charge in [0.1, 0.15) is 0 Å². The van der Waals surface area contributed by atoms with Crippen molar-refractivity contribution >= 4 is 0 Å². The first-order valence-corrected chi connectivity index (χ1v) is 7.29. The second kappa shape index (κ2) is 7.70. The topological polar surface area (TPSA) is 30.5 Å². The van der Waals surface area contributed by atoms with Gasteiger partial charge in [-0.1, -0.05) is 42.0 Å². The van der Waals surface area contributed by atoms with Gasteiger partial charge in [0.2, 0.25) is 0 Å². The molecule has 0 aliphatic carbocycles. The minimum absolute atomic E-state index is 0.635. The van der Waals surface area contributed by atoms with Crippen LogP contribution in [0.25, 0.3) is 0 Å². The zero-order valence-corrected chi connectivity index (χ0v) is 13.0. The Morgan fingerprint density at radius 2 is 1.86 bits per heavy atom. The molecule has 2 rings (SSSR count). The van der Waals surface area contributed by atoms with Gasteiger partial charge in [-0.25, -0.2) is 0 Å². The summed E-state index contributed by atoms with van der Waals surface area (Å²) in [5, 5.41) is 3.45. The molecule has 0 atom stereocenters. The molecule has 21 heavy (non-hydrogen) atoms. The Hall–Kier alpha value is -2.00. The second-order valence-corrected chi connectivity index (χ2v) is 4.97. The van der Waals surface area contributed by atoms with Gasteiger partial charge < -0.3 is 14.8 Å². The van der Waals surface area contributed by atoms with Crippen molar-refractivity contribution in [3.63, 3.8) is 0 Å². The number of hydrogen-bond donors (Lipinski definition) is 1. The van der Waals surface area contributed by atoms with Gasteiger partial charge in [-0.3, -0.25) is 0 Å². The van der Waals surface area contributed by atoms with Crippen LogP contribution in [0.5, 0.6) is 11.5 Å². The molecule has 3 nitrogen and oxygen atoms in total. The Labute approximate surface area is 126 Å². The molecule has 2 aromatic rings. The van der Waals surface area contributed by atoms with Gasteiger partial charge in [0.05, 0.1) is 13.7 Å². The van der Waals surface area contributed by atoms with Crippen LogP contribution in [0.1, 0.15) is 23.6 Å². The summed E-state index contributed by atoms with van der Waals surface area (Å²) in [4.78, 5) is 0. The van der Waals surface area contributed by atoms with E-state index in [0.717, 1.165) is 30.2 Å².